The highest BCUT2D eigenvalue weighted by molar-refractivity contribution is 7.92. The summed E-state index contributed by atoms with van der Waals surface area (Å²) in [5.41, 5.74) is 3.43. The molecule has 4 atom stereocenters. The van der Waals surface area contributed by atoms with Crippen LogP contribution in [-0.2, 0) is 14.6 Å². The van der Waals surface area contributed by atoms with E-state index in [9.17, 15) is 27.2 Å². The number of likely N-dealkylation sites (tertiary alicyclic amines) is 1. The van der Waals surface area contributed by atoms with Gasteiger partial charge in [0.2, 0.25) is 17.6 Å². The highest BCUT2D eigenvalue weighted by Gasteiger charge is 2.38. The number of halogens is 1. The molecule has 6 aromatic rings. The molecule has 4 fully saturated rings. The lowest BCUT2D eigenvalue weighted by atomic mass is 10.1. The standard InChI is InChI=1S/C56H72FN15O6S2/c1-35-29-71(32-49(73)72-16-8-10-46(72)53-63-45(33-79-53)50(74)39-11-13-41(57)14-12-39)42(28-58-35)31-69-21-22-70(30-36(69)2)55-59-26-40(27-60-55)54(75)68-19-17-67(18-20-68)15-9-23-78-47-25-44-43(24-48(47)80(76,77)56(5,6)7)52(62-34-61-44)64-51-37(3)38(4)65-66-51/h11-14,24-27,33-36,42,46,58H,8-10,15-23,28-32H2,1-7H3,(H2,61,62,64,65,66)/t35?,36-,42-,46+/m1/s1. The van der Waals surface area contributed by atoms with Crippen LogP contribution in [-0.4, -0.2) is 200 Å². The van der Waals surface area contributed by atoms with E-state index in [-0.39, 0.29) is 59.0 Å². The predicted octanol–water partition coefficient (Wildman–Crippen LogP) is 5.67. The Balaban J connectivity index is 0.681. The van der Waals surface area contributed by atoms with Gasteiger partial charge in [-0.25, -0.2) is 37.7 Å². The molecule has 0 bridgehead atoms. The molecule has 8 heterocycles. The number of aryl methyl sites for hydroxylation is 1. The number of hydrogen-bond donors (Lipinski definition) is 3. The summed E-state index contributed by atoms with van der Waals surface area (Å²) < 4.78 is 46.6. The number of ether oxygens (including phenoxy) is 1. The third-order valence-electron chi connectivity index (χ3n) is 16.0. The first-order valence-corrected chi connectivity index (χ1v) is 30.0. The van der Waals surface area contributed by atoms with Gasteiger partial charge in [-0.15, -0.1) is 11.3 Å². The Labute approximate surface area is 470 Å². The number of hydrogen-bond acceptors (Lipinski definition) is 19. The average Bonchev–Trinajstić information content (AvgIpc) is 4.27. The molecule has 21 nitrogen and oxygen atoms in total. The Morgan fingerprint density at radius 2 is 1.68 bits per heavy atom. The largest absolute Gasteiger partial charge is 0.492 e. The fourth-order valence-electron chi connectivity index (χ4n) is 11.0. The number of aromatic nitrogens is 7. The topological polar surface area (TPSA) is 231 Å². The molecule has 1 unspecified atom stereocenters. The van der Waals surface area contributed by atoms with Gasteiger partial charge >= 0.3 is 0 Å². The lowest BCUT2D eigenvalue weighted by Gasteiger charge is -2.45. The molecule has 0 radical (unpaired) electrons. The van der Waals surface area contributed by atoms with Gasteiger partial charge in [-0.2, -0.15) is 5.10 Å². The maximum absolute atomic E-state index is 14.1. The summed E-state index contributed by atoms with van der Waals surface area (Å²) in [4.78, 5) is 77.0. The first-order chi connectivity index (χ1) is 38.3. The van der Waals surface area contributed by atoms with Crippen LogP contribution in [0.25, 0.3) is 10.9 Å². The predicted molar refractivity (Wildman–Crippen MR) is 304 cm³/mol. The number of carbonyl (C=O) groups is 3. The number of benzene rings is 2. The molecule has 426 valence electrons. The molecule has 3 N–H and O–H groups in total. The van der Waals surface area contributed by atoms with E-state index in [0.29, 0.717) is 104 Å². The molecule has 4 aliphatic rings. The van der Waals surface area contributed by atoms with E-state index in [4.69, 9.17) is 4.74 Å². The summed E-state index contributed by atoms with van der Waals surface area (Å²) in [5, 5.41) is 17.2. The Morgan fingerprint density at radius 1 is 0.912 bits per heavy atom. The lowest BCUT2D eigenvalue weighted by Crippen LogP contribution is -2.63. The fourth-order valence-corrected chi connectivity index (χ4v) is 13.2. The highest BCUT2D eigenvalue weighted by atomic mass is 32.2. The number of ketones is 1. The summed E-state index contributed by atoms with van der Waals surface area (Å²) in [5.74, 6) is 1.23. The minimum absolute atomic E-state index is 0.0643. The molecule has 10 rings (SSSR count). The third kappa shape index (κ3) is 12.3. The smallest absolute Gasteiger partial charge is 0.257 e. The van der Waals surface area contributed by atoms with E-state index in [1.165, 1.54) is 41.9 Å². The van der Waals surface area contributed by atoms with Crippen LogP contribution in [0.4, 0.5) is 22.0 Å². The number of fused-ring (bicyclic) bond motifs is 1. The van der Waals surface area contributed by atoms with Crippen LogP contribution in [0.3, 0.4) is 0 Å². The van der Waals surface area contributed by atoms with Crippen molar-refractivity contribution in [3.05, 3.63) is 99.4 Å². The van der Waals surface area contributed by atoms with Gasteiger partial charge in [0.25, 0.3) is 5.91 Å². The minimum atomic E-state index is -3.84. The number of anilines is 3. The van der Waals surface area contributed by atoms with Crippen molar-refractivity contribution in [1.82, 2.24) is 64.9 Å². The number of thiazole rings is 1. The minimum Gasteiger partial charge on any atom is -0.492 e. The quantitative estimate of drug-likeness (QED) is 0.0738. The fraction of sp³-hybridized carbons (Fsp3) is 0.518. The van der Waals surface area contributed by atoms with Crippen LogP contribution in [0.2, 0.25) is 0 Å². The molecule has 24 heteroatoms. The van der Waals surface area contributed by atoms with Crippen molar-refractivity contribution in [2.45, 2.75) is 102 Å². The molecule has 4 saturated heterocycles. The van der Waals surface area contributed by atoms with Crippen LogP contribution in [0.15, 0.2) is 65.4 Å². The normalized spacial score (nSPS) is 20.9. The number of carbonyl (C=O) groups excluding carboxylic acids is 3. The maximum Gasteiger partial charge on any atom is 0.257 e. The molecule has 0 saturated carbocycles. The van der Waals surface area contributed by atoms with Gasteiger partial charge < -0.3 is 30.1 Å². The molecule has 4 aromatic heterocycles. The van der Waals surface area contributed by atoms with Crippen molar-refractivity contribution in [3.8, 4) is 5.75 Å². The van der Waals surface area contributed by atoms with E-state index in [0.717, 1.165) is 61.8 Å². The van der Waals surface area contributed by atoms with Gasteiger partial charge in [-0.1, -0.05) is 0 Å². The van der Waals surface area contributed by atoms with Crippen molar-refractivity contribution in [2.75, 3.05) is 102 Å². The number of nitrogens with one attached hydrogen (secondary N) is 3. The summed E-state index contributed by atoms with van der Waals surface area (Å²) in [6.45, 7) is 22.1. The van der Waals surface area contributed by atoms with E-state index in [2.05, 4.69) is 79.2 Å². The van der Waals surface area contributed by atoms with Crippen LogP contribution in [0, 0.1) is 19.7 Å². The third-order valence-corrected chi connectivity index (χ3v) is 19.4. The van der Waals surface area contributed by atoms with Crippen molar-refractivity contribution in [3.63, 3.8) is 0 Å². The first-order valence-electron chi connectivity index (χ1n) is 27.6. The first kappa shape index (κ1) is 56.7. The van der Waals surface area contributed by atoms with E-state index >= 15 is 0 Å². The summed E-state index contributed by atoms with van der Waals surface area (Å²) in [6, 6.07) is 9.09. The Bertz CT molecular complexity index is 3310. The molecule has 80 heavy (non-hydrogen) atoms. The maximum atomic E-state index is 14.1. The summed E-state index contributed by atoms with van der Waals surface area (Å²) >= 11 is 1.39. The average molecular weight is 1130 g/mol. The number of amides is 2. The zero-order valence-corrected chi connectivity index (χ0v) is 48.2. The number of sulfone groups is 1. The summed E-state index contributed by atoms with van der Waals surface area (Å²) in [6.07, 6.45) is 6.98. The van der Waals surface area contributed by atoms with Crippen LogP contribution >= 0.6 is 11.3 Å². The molecular formula is C56H72FN15O6S2. The Kier molecular flexibility index (Phi) is 16.9. The van der Waals surface area contributed by atoms with Crippen molar-refractivity contribution in [2.24, 2.45) is 0 Å². The molecular weight excluding hydrogens is 1060 g/mol. The van der Waals surface area contributed by atoms with Crippen molar-refractivity contribution in [1.29, 1.82) is 0 Å². The second-order valence-corrected chi connectivity index (χ2v) is 26.1. The molecule has 4 aliphatic heterocycles. The molecule has 0 aliphatic carbocycles. The highest BCUT2D eigenvalue weighted by Crippen LogP contribution is 2.38. The van der Waals surface area contributed by atoms with Gasteiger partial charge in [0.15, 0.2) is 9.84 Å². The number of aromatic amines is 1. The zero-order valence-electron chi connectivity index (χ0n) is 46.6. The SMILES string of the molecule is Cc1n[nH]c(Nc2ncnc3cc(OCCCN4CCN(C(=O)c5cnc(N6CCN(C[C@H]7CNC(C)CN7CC(=O)N7CCC[C@H]7c7nc(C(=O)c8ccc(F)cc8)cs7)[C@H](C)C6)nc5)CC4)c(S(=O)(=O)C(C)(C)C)cc23)c1C. The van der Waals surface area contributed by atoms with E-state index in [1.54, 1.807) is 50.7 Å². The number of piperazine rings is 3. The van der Waals surface area contributed by atoms with Crippen molar-refractivity contribution < 1.29 is 31.9 Å². The second kappa shape index (κ2) is 23.9. The van der Waals surface area contributed by atoms with E-state index in [1.807, 2.05) is 23.6 Å². The van der Waals surface area contributed by atoms with Crippen LogP contribution < -0.4 is 20.3 Å². The van der Waals surface area contributed by atoms with Gasteiger partial charge in [-0.05, 0) is 98.1 Å². The summed E-state index contributed by atoms with van der Waals surface area (Å²) in [7, 11) is -3.84. The molecule has 0 spiro atoms. The van der Waals surface area contributed by atoms with Gasteiger partial charge in [0.05, 0.1) is 40.7 Å². The van der Waals surface area contributed by atoms with Crippen LogP contribution in [0.5, 0.6) is 5.75 Å². The van der Waals surface area contributed by atoms with Gasteiger partial charge in [0, 0.05) is 137 Å². The molecule has 2 aromatic carbocycles. The number of H-pyrrole nitrogens is 1. The van der Waals surface area contributed by atoms with Gasteiger partial charge in [0.1, 0.15) is 45.1 Å². The Morgan fingerprint density at radius 3 is 2.39 bits per heavy atom. The second-order valence-electron chi connectivity index (χ2n) is 22.5. The monoisotopic (exact) mass is 1130 g/mol. The molecule has 2 amide bonds. The van der Waals surface area contributed by atoms with Gasteiger partial charge in [-0.3, -0.25) is 34.2 Å². The number of nitrogens with zero attached hydrogens (tertiary/aromatic N) is 12. The van der Waals surface area contributed by atoms with Crippen molar-refractivity contribution >= 4 is 67.3 Å². The lowest BCUT2D eigenvalue weighted by molar-refractivity contribution is -0.134. The Hall–Kier alpha value is -6.57. The zero-order chi connectivity index (χ0) is 56.5. The van der Waals surface area contributed by atoms with Crippen LogP contribution in [0.1, 0.15) is 103 Å². The van der Waals surface area contributed by atoms with E-state index < -0.39 is 20.4 Å². The number of rotatable bonds is 17.